The Morgan fingerprint density at radius 1 is 1.29 bits per heavy atom. The van der Waals surface area contributed by atoms with Gasteiger partial charge in [-0.1, -0.05) is 6.92 Å². The fourth-order valence-electron chi connectivity index (χ4n) is 2.49. The molecule has 5 nitrogen and oxygen atoms in total. The van der Waals surface area contributed by atoms with Crippen molar-refractivity contribution in [3.05, 3.63) is 47.5 Å². The van der Waals surface area contributed by atoms with Crippen LogP contribution in [-0.2, 0) is 6.42 Å². The largest absolute Gasteiger partial charge is 0.384 e. The lowest BCUT2D eigenvalue weighted by atomic mass is 10.0. The molecular formula is C16H19N5. The van der Waals surface area contributed by atoms with Crippen LogP contribution < -0.4 is 5.73 Å². The molecule has 0 saturated carbocycles. The molecule has 0 spiro atoms. The van der Waals surface area contributed by atoms with Crippen LogP contribution >= 0.6 is 0 Å². The van der Waals surface area contributed by atoms with Gasteiger partial charge in [-0.05, 0) is 49.6 Å². The highest BCUT2D eigenvalue weighted by Crippen LogP contribution is 2.21. The Kier molecular flexibility index (Phi) is 3.56. The Balaban J connectivity index is 1.72. The van der Waals surface area contributed by atoms with Crippen molar-refractivity contribution in [1.82, 2.24) is 19.9 Å². The number of rotatable bonds is 4. The normalized spacial score (nSPS) is 12.7. The number of hydrogen-bond acceptors (Lipinski definition) is 4. The molecule has 3 aromatic rings. The van der Waals surface area contributed by atoms with Crippen molar-refractivity contribution in [3.63, 3.8) is 0 Å². The van der Waals surface area contributed by atoms with E-state index in [-0.39, 0.29) is 0 Å². The summed E-state index contributed by atoms with van der Waals surface area (Å²) in [6, 6.07) is 7.84. The number of hydrogen-bond donors (Lipinski definition) is 2. The molecule has 0 aliphatic carbocycles. The van der Waals surface area contributed by atoms with Gasteiger partial charge in [-0.3, -0.25) is 0 Å². The number of nitrogens with zero attached hydrogens (tertiary/aromatic N) is 3. The molecule has 0 bridgehead atoms. The quantitative estimate of drug-likeness (QED) is 0.770. The molecule has 0 fully saturated rings. The topological polar surface area (TPSA) is 80.5 Å². The van der Waals surface area contributed by atoms with Gasteiger partial charge in [0.1, 0.15) is 17.2 Å². The Bertz CT molecular complexity index is 709. The summed E-state index contributed by atoms with van der Waals surface area (Å²) in [5, 5.41) is 0. The van der Waals surface area contributed by atoms with Crippen molar-refractivity contribution in [2.75, 3.05) is 5.73 Å². The first-order valence-corrected chi connectivity index (χ1v) is 7.15. The Hall–Kier alpha value is -2.43. The molecular weight excluding hydrogens is 262 g/mol. The monoisotopic (exact) mass is 281 g/mol. The van der Waals surface area contributed by atoms with Crippen LogP contribution in [0.5, 0.6) is 0 Å². The number of aromatic nitrogens is 4. The standard InChI is InChI=1S/C16H19N5/c1-10-8-12(19-14(17)9-10)6-5-11(2)15-20-13-4-3-7-18-16(13)21-15/h3-4,7-9,11H,5-6H2,1-2H3,(H2,17,19)(H,18,20,21)/t11-/m1/s1. The molecule has 21 heavy (non-hydrogen) atoms. The zero-order valence-corrected chi connectivity index (χ0v) is 12.3. The van der Waals surface area contributed by atoms with Crippen LogP contribution in [0.4, 0.5) is 5.82 Å². The van der Waals surface area contributed by atoms with Crippen LogP contribution in [0.25, 0.3) is 11.2 Å². The van der Waals surface area contributed by atoms with Crippen molar-refractivity contribution in [1.29, 1.82) is 0 Å². The van der Waals surface area contributed by atoms with Gasteiger partial charge < -0.3 is 10.7 Å². The van der Waals surface area contributed by atoms with Crippen LogP contribution in [0.2, 0.25) is 0 Å². The maximum Gasteiger partial charge on any atom is 0.157 e. The first-order valence-electron chi connectivity index (χ1n) is 7.15. The maximum absolute atomic E-state index is 5.79. The van der Waals surface area contributed by atoms with Gasteiger partial charge >= 0.3 is 0 Å². The van der Waals surface area contributed by atoms with Crippen LogP contribution in [0.3, 0.4) is 0 Å². The number of imidazole rings is 1. The summed E-state index contributed by atoms with van der Waals surface area (Å²) in [6.07, 6.45) is 3.63. The van der Waals surface area contributed by atoms with Crippen LogP contribution in [-0.4, -0.2) is 19.9 Å². The van der Waals surface area contributed by atoms with Gasteiger partial charge in [0, 0.05) is 17.8 Å². The minimum atomic E-state index is 0.322. The second-order valence-corrected chi connectivity index (χ2v) is 5.49. The maximum atomic E-state index is 5.79. The van der Waals surface area contributed by atoms with E-state index in [0.717, 1.165) is 41.1 Å². The van der Waals surface area contributed by atoms with Gasteiger partial charge in [0.05, 0.1) is 0 Å². The number of fused-ring (bicyclic) bond motifs is 1. The molecule has 0 aliphatic rings. The third-order valence-electron chi connectivity index (χ3n) is 3.62. The third-order valence-corrected chi connectivity index (χ3v) is 3.62. The summed E-state index contributed by atoms with van der Waals surface area (Å²) in [6.45, 7) is 4.20. The van der Waals surface area contributed by atoms with Gasteiger partial charge in [0.2, 0.25) is 0 Å². The highest BCUT2D eigenvalue weighted by atomic mass is 15.0. The van der Waals surface area contributed by atoms with Gasteiger partial charge in [-0.25, -0.2) is 15.0 Å². The molecule has 0 aliphatic heterocycles. The highest BCUT2D eigenvalue weighted by molar-refractivity contribution is 5.69. The van der Waals surface area contributed by atoms with E-state index in [1.807, 2.05) is 25.1 Å². The van der Waals surface area contributed by atoms with E-state index in [1.165, 1.54) is 0 Å². The first-order chi connectivity index (χ1) is 10.1. The minimum Gasteiger partial charge on any atom is -0.384 e. The molecule has 3 rings (SSSR count). The summed E-state index contributed by atoms with van der Waals surface area (Å²) < 4.78 is 0. The minimum absolute atomic E-state index is 0.322. The third kappa shape index (κ3) is 3.02. The fourth-order valence-corrected chi connectivity index (χ4v) is 2.49. The molecule has 5 heteroatoms. The van der Waals surface area contributed by atoms with E-state index in [2.05, 4.69) is 32.9 Å². The summed E-state index contributed by atoms with van der Waals surface area (Å²) in [4.78, 5) is 16.5. The number of aromatic amines is 1. The van der Waals surface area contributed by atoms with E-state index in [4.69, 9.17) is 5.73 Å². The summed E-state index contributed by atoms with van der Waals surface area (Å²) in [7, 11) is 0. The second kappa shape index (κ2) is 5.52. The van der Waals surface area contributed by atoms with E-state index in [9.17, 15) is 0 Å². The predicted octanol–water partition coefficient (Wildman–Crippen LogP) is 2.98. The summed E-state index contributed by atoms with van der Waals surface area (Å²) >= 11 is 0. The molecule has 0 aromatic carbocycles. The number of nitrogens with one attached hydrogen (secondary N) is 1. The van der Waals surface area contributed by atoms with Crippen molar-refractivity contribution in [2.24, 2.45) is 0 Å². The Labute approximate surface area is 123 Å². The van der Waals surface area contributed by atoms with Gasteiger partial charge in [-0.15, -0.1) is 0 Å². The van der Waals surface area contributed by atoms with E-state index in [1.54, 1.807) is 6.20 Å². The number of pyridine rings is 2. The van der Waals surface area contributed by atoms with Crippen molar-refractivity contribution in [3.8, 4) is 0 Å². The first kappa shape index (κ1) is 13.5. The van der Waals surface area contributed by atoms with Crippen molar-refractivity contribution >= 4 is 17.0 Å². The fraction of sp³-hybridized carbons (Fsp3) is 0.312. The van der Waals surface area contributed by atoms with E-state index in [0.29, 0.717) is 11.7 Å². The molecule has 0 unspecified atom stereocenters. The molecule has 3 heterocycles. The van der Waals surface area contributed by atoms with Gasteiger partial charge in [0.25, 0.3) is 0 Å². The van der Waals surface area contributed by atoms with Gasteiger partial charge in [0.15, 0.2) is 5.65 Å². The molecule has 3 N–H and O–H groups in total. The summed E-state index contributed by atoms with van der Waals surface area (Å²) in [5.74, 6) is 1.89. The number of nitrogens with two attached hydrogens (primary N) is 1. The highest BCUT2D eigenvalue weighted by Gasteiger charge is 2.12. The van der Waals surface area contributed by atoms with Crippen LogP contribution in [0.15, 0.2) is 30.5 Å². The second-order valence-electron chi connectivity index (χ2n) is 5.49. The molecule has 1 atom stereocenters. The van der Waals surface area contributed by atoms with Crippen LogP contribution in [0.1, 0.15) is 36.3 Å². The predicted molar refractivity (Wildman–Crippen MR) is 84.0 cm³/mol. The average molecular weight is 281 g/mol. The Morgan fingerprint density at radius 3 is 2.90 bits per heavy atom. The average Bonchev–Trinajstić information content (AvgIpc) is 2.87. The zero-order valence-electron chi connectivity index (χ0n) is 12.3. The van der Waals surface area contributed by atoms with Crippen molar-refractivity contribution in [2.45, 2.75) is 32.6 Å². The molecule has 108 valence electrons. The van der Waals surface area contributed by atoms with E-state index >= 15 is 0 Å². The Morgan fingerprint density at radius 2 is 2.14 bits per heavy atom. The molecule has 0 saturated heterocycles. The molecule has 0 radical (unpaired) electrons. The van der Waals surface area contributed by atoms with Gasteiger partial charge in [-0.2, -0.15) is 0 Å². The summed E-state index contributed by atoms with van der Waals surface area (Å²) in [5.41, 5.74) is 9.74. The molecule has 0 amide bonds. The van der Waals surface area contributed by atoms with Crippen molar-refractivity contribution < 1.29 is 0 Å². The van der Waals surface area contributed by atoms with E-state index < -0.39 is 0 Å². The number of aryl methyl sites for hydroxylation is 2. The smallest absolute Gasteiger partial charge is 0.157 e. The lowest BCUT2D eigenvalue weighted by molar-refractivity contribution is 0.641. The SMILES string of the molecule is Cc1cc(N)nc(CC[C@@H](C)c2nc3cccnc3[nH]2)c1. The number of nitrogen functional groups attached to an aromatic ring is 1. The number of anilines is 1. The van der Waals surface area contributed by atoms with Crippen LogP contribution in [0, 0.1) is 6.92 Å². The lowest BCUT2D eigenvalue weighted by Gasteiger charge is -2.09. The molecule has 3 aromatic heterocycles. The number of H-pyrrole nitrogens is 1. The lowest BCUT2D eigenvalue weighted by Crippen LogP contribution is -2.02. The zero-order chi connectivity index (χ0) is 14.8.